The fourth-order valence-electron chi connectivity index (χ4n) is 4.33. The number of carbonyl (C=O) groups excluding carboxylic acids is 1. The lowest BCUT2D eigenvalue weighted by atomic mass is 9.72. The van der Waals surface area contributed by atoms with E-state index in [1.165, 1.54) is 10.9 Å². The molecule has 4 rings (SSSR count). The molecule has 1 amide bonds. The third-order valence-corrected chi connectivity index (χ3v) is 5.68. The molecule has 0 saturated heterocycles. The van der Waals surface area contributed by atoms with Crippen LogP contribution in [0.3, 0.4) is 0 Å². The van der Waals surface area contributed by atoms with E-state index in [-0.39, 0.29) is 11.8 Å². The number of aromatic nitrogens is 1. The minimum Gasteiger partial charge on any atom is -0.356 e. The van der Waals surface area contributed by atoms with Gasteiger partial charge < -0.3 is 11.1 Å². The van der Waals surface area contributed by atoms with Crippen molar-refractivity contribution in [1.82, 2.24) is 10.3 Å². The van der Waals surface area contributed by atoms with Gasteiger partial charge in [0.15, 0.2) is 0 Å². The fraction of sp³-hybridized carbons (Fsp3) is 0.474. The van der Waals surface area contributed by atoms with E-state index >= 15 is 0 Å². The van der Waals surface area contributed by atoms with Gasteiger partial charge in [-0.25, -0.2) is 0 Å². The Bertz CT molecular complexity index is 724. The second-order valence-electron chi connectivity index (χ2n) is 7.02. The van der Waals surface area contributed by atoms with Gasteiger partial charge in [0.25, 0.3) is 0 Å². The first-order valence-corrected chi connectivity index (χ1v) is 8.58. The van der Waals surface area contributed by atoms with Crippen molar-refractivity contribution in [3.05, 3.63) is 42.1 Å². The van der Waals surface area contributed by atoms with Crippen molar-refractivity contribution in [3.63, 3.8) is 0 Å². The summed E-state index contributed by atoms with van der Waals surface area (Å²) in [6.45, 7) is 0.685. The average molecular weight is 309 g/mol. The highest BCUT2D eigenvalue weighted by Gasteiger charge is 2.47. The van der Waals surface area contributed by atoms with Crippen molar-refractivity contribution in [1.29, 1.82) is 0 Å². The summed E-state index contributed by atoms with van der Waals surface area (Å²) in [5, 5.41) is 4.30. The Morgan fingerprint density at radius 2 is 2.09 bits per heavy atom. The van der Waals surface area contributed by atoms with Crippen LogP contribution in [0.5, 0.6) is 0 Å². The summed E-state index contributed by atoms with van der Waals surface area (Å²) in [6, 6.07) is 10.5. The van der Waals surface area contributed by atoms with Gasteiger partial charge >= 0.3 is 0 Å². The quantitative estimate of drug-likeness (QED) is 0.910. The third kappa shape index (κ3) is 2.72. The number of hydrogen-bond acceptors (Lipinski definition) is 3. The Morgan fingerprint density at radius 3 is 2.91 bits per heavy atom. The molecule has 1 heterocycles. The maximum Gasteiger partial charge on any atom is 0.223 e. The van der Waals surface area contributed by atoms with Crippen LogP contribution in [0.2, 0.25) is 0 Å². The topological polar surface area (TPSA) is 68.0 Å². The van der Waals surface area contributed by atoms with Gasteiger partial charge in [-0.05, 0) is 55.2 Å². The molecule has 4 atom stereocenters. The molecule has 1 aromatic heterocycles. The molecular weight excluding hydrogens is 286 g/mol. The number of hydrogen-bond donors (Lipinski definition) is 2. The fourth-order valence-corrected chi connectivity index (χ4v) is 4.33. The Balaban J connectivity index is 1.34. The lowest BCUT2D eigenvalue weighted by Crippen LogP contribution is -2.44. The van der Waals surface area contributed by atoms with Gasteiger partial charge in [-0.3, -0.25) is 9.78 Å². The van der Waals surface area contributed by atoms with E-state index in [4.69, 9.17) is 5.73 Å². The number of nitrogens with two attached hydrogens (primary N) is 1. The van der Waals surface area contributed by atoms with Gasteiger partial charge in [0.2, 0.25) is 5.91 Å². The van der Waals surface area contributed by atoms with E-state index in [2.05, 4.69) is 16.4 Å². The third-order valence-electron chi connectivity index (χ3n) is 5.68. The highest BCUT2D eigenvalue weighted by atomic mass is 16.1. The van der Waals surface area contributed by atoms with E-state index in [1.807, 2.05) is 30.5 Å². The van der Waals surface area contributed by atoms with Gasteiger partial charge in [-0.1, -0.05) is 18.2 Å². The summed E-state index contributed by atoms with van der Waals surface area (Å²) in [5.41, 5.74) is 8.27. The number of para-hydroxylation sites is 1. The highest BCUT2D eigenvalue weighted by Crippen LogP contribution is 2.48. The van der Waals surface area contributed by atoms with Crippen LogP contribution in [0, 0.1) is 17.8 Å². The normalized spacial score (nSPS) is 29.1. The van der Waals surface area contributed by atoms with Gasteiger partial charge in [0, 0.05) is 30.1 Å². The van der Waals surface area contributed by atoms with E-state index < -0.39 is 0 Å². The second-order valence-corrected chi connectivity index (χ2v) is 7.02. The Morgan fingerprint density at radius 1 is 1.22 bits per heavy atom. The number of fused-ring (bicyclic) bond motifs is 2. The standard InChI is InChI=1S/C19H23N3O/c20-17-11-13-9-14(10-16(13)17)19(23)22-8-6-12-5-7-21-18-4-2-1-3-15(12)18/h1-5,7,13-14,16-17H,6,8-11,20H2,(H,22,23). The summed E-state index contributed by atoms with van der Waals surface area (Å²) >= 11 is 0. The molecule has 2 aliphatic carbocycles. The number of carbonyl (C=O) groups is 1. The molecule has 4 heteroatoms. The predicted octanol–water partition coefficient (Wildman–Crippen LogP) is 2.27. The van der Waals surface area contributed by atoms with Crippen molar-refractivity contribution in [2.75, 3.05) is 6.54 Å². The molecule has 0 bridgehead atoms. The van der Waals surface area contributed by atoms with Crippen molar-refractivity contribution in [3.8, 4) is 0 Å². The maximum atomic E-state index is 12.4. The zero-order valence-corrected chi connectivity index (χ0v) is 13.2. The van der Waals surface area contributed by atoms with Gasteiger partial charge in [0.05, 0.1) is 5.52 Å². The molecule has 0 aliphatic heterocycles. The molecule has 0 spiro atoms. The zero-order valence-electron chi connectivity index (χ0n) is 13.2. The molecule has 2 aromatic rings. The van der Waals surface area contributed by atoms with Crippen LogP contribution in [-0.4, -0.2) is 23.5 Å². The van der Waals surface area contributed by atoms with Gasteiger partial charge in [0.1, 0.15) is 0 Å². The summed E-state index contributed by atoms with van der Waals surface area (Å²) < 4.78 is 0. The zero-order chi connectivity index (χ0) is 15.8. The number of pyridine rings is 1. The molecule has 1 aromatic carbocycles. The minimum absolute atomic E-state index is 0.174. The van der Waals surface area contributed by atoms with Crippen LogP contribution in [0.4, 0.5) is 0 Å². The summed E-state index contributed by atoms with van der Waals surface area (Å²) in [6.07, 6.45) is 5.80. The molecule has 120 valence electrons. The van der Waals surface area contributed by atoms with Crippen LogP contribution in [-0.2, 0) is 11.2 Å². The number of nitrogens with zero attached hydrogens (tertiary/aromatic N) is 1. The molecule has 2 aliphatic rings. The van der Waals surface area contributed by atoms with E-state index in [0.717, 1.165) is 31.2 Å². The smallest absolute Gasteiger partial charge is 0.223 e. The van der Waals surface area contributed by atoms with Crippen LogP contribution < -0.4 is 11.1 Å². The number of amides is 1. The summed E-state index contributed by atoms with van der Waals surface area (Å²) in [5.74, 6) is 1.68. The Kier molecular flexibility index (Phi) is 3.77. The first-order chi connectivity index (χ1) is 11.2. The first-order valence-electron chi connectivity index (χ1n) is 8.58. The summed E-state index contributed by atoms with van der Waals surface area (Å²) in [7, 11) is 0. The van der Waals surface area contributed by atoms with Gasteiger partial charge in [-0.15, -0.1) is 0 Å². The van der Waals surface area contributed by atoms with Crippen molar-refractivity contribution < 1.29 is 4.79 Å². The molecule has 4 unspecified atom stereocenters. The average Bonchev–Trinajstić information content (AvgIpc) is 2.92. The number of benzene rings is 1. The SMILES string of the molecule is NC1CC2CC(C(=O)NCCc3ccnc4ccccc34)CC12. The summed E-state index contributed by atoms with van der Waals surface area (Å²) in [4.78, 5) is 16.7. The van der Waals surface area contributed by atoms with Crippen molar-refractivity contribution >= 4 is 16.8 Å². The lowest BCUT2D eigenvalue weighted by Gasteiger charge is -2.37. The molecule has 2 saturated carbocycles. The van der Waals surface area contributed by atoms with Crippen molar-refractivity contribution in [2.24, 2.45) is 23.5 Å². The molecule has 0 radical (unpaired) electrons. The highest BCUT2D eigenvalue weighted by molar-refractivity contribution is 5.82. The van der Waals surface area contributed by atoms with Crippen molar-refractivity contribution in [2.45, 2.75) is 31.7 Å². The number of rotatable bonds is 4. The van der Waals surface area contributed by atoms with E-state index in [9.17, 15) is 4.79 Å². The second kappa shape index (κ2) is 5.93. The lowest BCUT2D eigenvalue weighted by molar-refractivity contribution is -0.124. The van der Waals surface area contributed by atoms with Gasteiger partial charge in [-0.2, -0.15) is 0 Å². The monoisotopic (exact) mass is 309 g/mol. The van der Waals surface area contributed by atoms with Crippen LogP contribution in [0.25, 0.3) is 10.9 Å². The van der Waals surface area contributed by atoms with Crippen LogP contribution in [0.1, 0.15) is 24.8 Å². The predicted molar refractivity (Wildman–Crippen MR) is 90.8 cm³/mol. The Labute approximate surface area is 136 Å². The molecule has 3 N–H and O–H groups in total. The molecule has 2 fully saturated rings. The van der Waals surface area contributed by atoms with E-state index in [0.29, 0.717) is 24.4 Å². The van der Waals surface area contributed by atoms with E-state index in [1.54, 1.807) is 0 Å². The first kappa shape index (κ1) is 14.6. The van der Waals surface area contributed by atoms with Crippen LogP contribution >= 0.6 is 0 Å². The molecule has 23 heavy (non-hydrogen) atoms. The minimum atomic E-state index is 0.174. The Hall–Kier alpha value is -1.94. The van der Waals surface area contributed by atoms with Crippen LogP contribution in [0.15, 0.2) is 36.5 Å². The number of nitrogens with one attached hydrogen (secondary N) is 1. The maximum absolute atomic E-state index is 12.4. The molecule has 4 nitrogen and oxygen atoms in total. The largest absolute Gasteiger partial charge is 0.356 e. The molecular formula is C19H23N3O.